The van der Waals surface area contributed by atoms with Crippen molar-refractivity contribution in [3.05, 3.63) is 29.3 Å². The molecular weight excluding hydrogens is 238 g/mol. The summed E-state index contributed by atoms with van der Waals surface area (Å²) in [5, 5.41) is 8.90. The third kappa shape index (κ3) is 2.85. The molecule has 0 fully saturated rings. The molecular formula is C11H13N3O2S. The summed E-state index contributed by atoms with van der Waals surface area (Å²) in [6.45, 7) is 1.91. The van der Waals surface area contributed by atoms with Crippen LogP contribution < -0.4 is 15.2 Å². The topological polar surface area (TPSA) is 70.3 Å². The van der Waals surface area contributed by atoms with E-state index in [1.807, 2.05) is 31.2 Å². The Balaban J connectivity index is 2.04. The molecule has 0 aliphatic carbocycles. The number of nitrogens with zero attached hydrogens (tertiary/aromatic N) is 2. The second-order valence-corrected chi connectivity index (χ2v) is 4.45. The molecule has 17 heavy (non-hydrogen) atoms. The van der Waals surface area contributed by atoms with Crippen molar-refractivity contribution in [1.29, 1.82) is 0 Å². The minimum atomic E-state index is -0.168. The Labute approximate surface area is 103 Å². The van der Waals surface area contributed by atoms with Gasteiger partial charge in [-0.3, -0.25) is 0 Å². The molecule has 1 aromatic heterocycles. The Morgan fingerprint density at radius 1 is 1.18 bits per heavy atom. The van der Waals surface area contributed by atoms with Gasteiger partial charge >= 0.3 is 0 Å². The van der Waals surface area contributed by atoms with E-state index in [4.69, 9.17) is 15.2 Å². The molecule has 2 aromatic rings. The highest BCUT2D eigenvalue weighted by Crippen LogP contribution is 2.26. The highest BCUT2D eigenvalue weighted by atomic mass is 32.1. The normalized spacial score (nSPS) is 12.1. The maximum Gasteiger partial charge on any atom is 0.203 e. The SMILES string of the molecule is COc1ccc(O[C@H](C)c2nnc(N)s2)cc1. The minimum Gasteiger partial charge on any atom is -0.497 e. The van der Waals surface area contributed by atoms with Gasteiger partial charge in [0.15, 0.2) is 5.01 Å². The molecule has 2 N–H and O–H groups in total. The summed E-state index contributed by atoms with van der Waals surface area (Å²) in [5.41, 5.74) is 5.52. The Morgan fingerprint density at radius 2 is 1.82 bits per heavy atom. The highest BCUT2D eigenvalue weighted by molar-refractivity contribution is 7.15. The zero-order valence-corrected chi connectivity index (χ0v) is 10.4. The van der Waals surface area contributed by atoms with Crippen molar-refractivity contribution < 1.29 is 9.47 Å². The van der Waals surface area contributed by atoms with Crippen molar-refractivity contribution in [1.82, 2.24) is 10.2 Å². The van der Waals surface area contributed by atoms with E-state index < -0.39 is 0 Å². The van der Waals surface area contributed by atoms with Gasteiger partial charge < -0.3 is 15.2 Å². The van der Waals surface area contributed by atoms with Crippen LogP contribution in [0.25, 0.3) is 0 Å². The molecule has 0 radical (unpaired) electrons. The monoisotopic (exact) mass is 251 g/mol. The van der Waals surface area contributed by atoms with Crippen LogP contribution in [0.1, 0.15) is 18.0 Å². The maximum atomic E-state index is 5.71. The van der Waals surface area contributed by atoms with Gasteiger partial charge in [-0.25, -0.2) is 0 Å². The van der Waals surface area contributed by atoms with E-state index in [-0.39, 0.29) is 6.10 Å². The first-order valence-electron chi connectivity index (χ1n) is 5.08. The summed E-state index contributed by atoms with van der Waals surface area (Å²) >= 11 is 1.33. The van der Waals surface area contributed by atoms with E-state index in [0.717, 1.165) is 16.5 Å². The van der Waals surface area contributed by atoms with E-state index in [9.17, 15) is 0 Å². The van der Waals surface area contributed by atoms with Crippen molar-refractivity contribution in [3.63, 3.8) is 0 Å². The Bertz CT molecular complexity index is 484. The number of ether oxygens (including phenoxy) is 2. The molecule has 0 spiro atoms. The fourth-order valence-electron chi connectivity index (χ4n) is 1.32. The van der Waals surface area contributed by atoms with Crippen molar-refractivity contribution >= 4 is 16.5 Å². The summed E-state index contributed by atoms with van der Waals surface area (Å²) in [6.07, 6.45) is -0.168. The number of benzene rings is 1. The molecule has 5 nitrogen and oxygen atoms in total. The lowest BCUT2D eigenvalue weighted by atomic mass is 10.3. The molecule has 6 heteroatoms. The molecule has 0 saturated carbocycles. The predicted molar refractivity (Wildman–Crippen MR) is 66.4 cm³/mol. The summed E-state index contributed by atoms with van der Waals surface area (Å²) in [6, 6.07) is 7.38. The van der Waals surface area contributed by atoms with Gasteiger partial charge in [-0.1, -0.05) is 11.3 Å². The van der Waals surface area contributed by atoms with Gasteiger partial charge in [0.1, 0.15) is 17.6 Å². The van der Waals surface area contributed by atoms with E-state index in [1.165, 1.54) is 11.3 Å². The number of aromatic nitrogens is 2. The van der Waals surface area contributed by atoms with E-state index in [0.29, 0.717) is 5.13 Å². The van der Waals surface area contributed by atoms with Crippen LogP contribution in [0.2, 0.25) is 0 Å². The lowest BCUT2D eigenvalue weighted by Gasteiger charge is -2.11. The zero-order chi connectivity index (χ0) is 12.3. The fourth-order valence-corrected chi connectivity index (χ4v) is 1.91. The van der Waals surface area contributed by atoms with E-state index >= 15 is 0 Å². The van der Waals surface area contributed by atoms with Crippen molar-refractivity contribution in [3.8, 4) is 11.5 Å². The number of rotatable bonds is 4. The number of hydrogen-bond donors (Lipinski definition) is 1. The Kier molecular flexibility index (Phi) is 3.43. The van der Waals surface area contributed by atoms with Gasteiger partial charge in [-0.05, 0) is 31.2 Å². The van der Waals surface area contributed by atoms with Crippen LogP contribution in [0, 0.1) is 0 Å². The zero-order valence-electron chi connectivity index (χ0n) is 9.58. The third-order valence-electron chi connectivity index (χ3n) is 2.18. The first-order chi connectivity index (χ1) is 8.19. The summed E-state index contributed by atoms with van der Waals surface area (Å²) < 4.78 is 10.8. The molecule has 2 rings (SSSR count). The standard InChI is InChI=1S/C11H13N3O2S/c1-7(10-13-14-11(12)17-10)16-9-5-3-8(15-2)4-6-9/h3-7H,1-2H3,(H2,12,14)/t7-/m1/s1. The Morgan fingerprint density at radius 3 is 2.35 bits per heavy atom. The predicted octanol–water partition coefficient (Wildman–Crippen LogP) is 2.27. The molecule has 0 amide bonds. The van der Waals surface area contributed by atoms with E-state index in [1.54, 1.807) is 7.11 Å². The van der Waals surface area contributed by atoms with Crippen LogP contribution in [0.15, 0.2) is 24.3 Å². The van der Waals surface area contributed by atoms with Crippen molar-refractivity contribution in [2.24, 2.45) is 0 Å². The second kappa shape index (κ2) is 5.01. The third-order valence-corrected chi connectivity index (χ3v) is 3.09. The molecule has 1 aromatic carbocycles. The number of anilines is 1. The fraction of sp³-hybridized carbons (Fsp3) is 0.273. The second-order valence-electron chi connectivity index (χ2n) is 3.41. The summed E-state index contributed by atoms with van der Waals surface area (Å²) in [4.78, 5) is 0. The van der Waals surface area contributed by atoms with Crippen molar-refractivity contribution in [2.75, 3.05) is 12.8 Å². The first kappa shape index (κ1) is 11.7. The molecule has 0 aliphatic heterocycles. The lowest BCUT2D eigenvalue weighted by molar-refractivity contribution is 0.225. The summed E-state index contributed by atoms with van der Waals surface area (Å²) in [7, 11) is 1.63. The number of nitrogens with two attached hydrogens (primary N) is 1. The molecule has 0 bridgehead atoms. The molecule has 0 aliphatic rings. The average Bonchev–Trinajstić information content (AvgIpc) is 2.77. The quantitative estimate of drug-likeness (QED) is 0.902. The van der Waals surface area contributed by atoms with Gasteiger partial charge in [0.05, 0.1) is 7.11 Å². The van der Waals surface area contributed by atoms with Gasteiger partial charge in [0.2, 0.25) is 5.13 Å². The largest absolute Gasteiger partial charge is 0.497 e. The lowest BCUT2D eigenvalue weighted by Crippen LogP contribution is -2.02. The molecule has 90 valence electrons. The van der Waals surface area contributed by atoms with Gasteiger partial charge in [-0.15, -0.1) is 10.2 Å². The summed E-state index contributed by atoms with van der Waals surface area (Å²) in [5.74, 6) is 1.55. The first-order valence-corrected chi connectivity index (χ1v) is 5.90. The smallest absolute Gasteiger partial charge is 0.203 e. The molecule has 1 heterocycles. The highest BCUT2D eigenvalue weighted by Gasteiger charge is 2.12. The van der Waals surface area contributed by atoms with Gasteiger partial charge in [0, 0.05) is 0 Å². The average molecular weight is 251 g/mol. The van der Waals surface area contributed by atoms with Crippen LogP contribution in [0.3, 0.4) is 0 Å². The van der Waals surface area contributed by atoms with Crippen LogP contribution in [-0.2, 0) is 0 Å². The number of methoxy groups -OCH3 is 1. The van der Waals surface area contributed by atoms with Crippen molar-refractivity contribution in [2.45, 2.75) is 13.0 Å². The Hall–Kier alpha value is -1.82. The maximum absolute atomic E-state index is 5.71. The molecule has 0 unspecified atom stereocenters. The van der Waals surface area contributed by atoms with E-state index in [2.05, 4.69) is 10.2 Å². The molecule has 0 saturated heterocycles. The van der Waals surface area contributed by atoms with Gasteiger partial charge in [0.25, 0.3) is 0 Å². The number of hydrogen-bond acceptors (Lipinski definition) is 6. The minimum absolute atomic E-state index is 0.168. The van der Waals surface area contributed by atoms with Crippen LogP contribution >= 0.6 is 11.3 Å². The van der Waals surface area contributed by atoms with Crippen LogP contribution in [0.5, 0.6) is 11.5 Å². The number of nitrogen functional groups attached to an aromatic ring is 1. The van der Waals surface area contributed by atoms with Gasteiger partial charge in [-0.2, -0.15) is 0 Å². The molecule has 1 atom stereocenters. The van der Waals surface area contributed by atoms with Crippen LogP contribution in [0.4, 0.5) is 5.13 Å². The van der Waals surface area contributed by atoms with Crippen LogP contribution in [-0.4, -0.2) is 17.3 Å².